The number of aliphatic hydroxyl groups excluding tert-OH is 3. The molecule has 2 fully saturated rings. The molecule has 5 N–H and O–H groups in total. The summed E-state index contributed by atoms with van der Waals surface area (Å²) in [6.45, 7) is 1.49. The zero-order valence-electron chi connectivity index (χ0n) is 25.3. The largest absolute Gasteiger partial charge is 0.507 e. The van der Waals surface area contributed by atoms with Gasteiger partial charge in [-0.05, 0) is 13.0 Å². The predicted molar refractivity (Wildman–Crippen MR) is 156 cm³/mol. The van der Waals surface area contributed by atoms with Crippen LogP contribution in [0.3, 0.4) is 0 Å². The van der Waals surface area contributed by atoms with E-state index >= 15 is 0 Å². The van der Waals surface area contributed by atoms with Gasteiger partial charge in [0.25, 0.3) is 0 Å². The first kappa shape index (κ1) is 32.1. The average molecular weight is 638 g/mol. The summed E-state index contributed by atoms with van der Waals surface area (Å²) in [6, 6.07) is 5.42. The Kier molecular flexibility index (Phi) is 8.45. The number of carbonyl (C=O) groups excluding carboxylic acids is 3. The number of morpholine rings is 1. The summed E-state index contributed by atoms with van der Waals surface area (Å²) in [6.07, 6.45) is -5.10. The Morgan fingerprint density at radius 3 is 2.74 bits per heavy atom. The van der Waals surface area contributed by atoms with Gasteiger partial charge in [0.15, 0.2) is 23.6 Å². The molecule has 1 aromatic carbocycles. The minimum Gasteiger partial charge on any atom is -0.507 e. The highest BCUT2D eigenvalue weighted by Crippen LogP contribution is 2.48. The number of nitriles is 1. The molecular weight excluding hydrogens is 602 g/mol. The lowest BCUT2D eigenvalue weighted by Crippen LogP contribution is -2.61. The van der Waals surface area contributed by atoms with Gasteiger partial charge in [0.1, 0.15) is 29.8 Å². The number of ether oxygens (including phenoxy) is 4. The van der Waals surface area contributed by atoms with Crippen LogP contribution in [0.5, 0.6) is 5.75 Å². The number of nitrogens with zero attached hydrogens (tertiary/aromatic N) is 2. The molecule has 8 atom stereocenters. The maximum Gasteiger partial charge on any atom is 0.194 e. The van der Waals surface area contributed by atoms with E-state index in [1.807, 2.05) is 4.90 Å². The van der Waals surface area contributed by atoms with Gasteiger partial charge in [-0.3, -0.25) is 19.3 Å². The third kappa shape index (κ3) is 4.99. The fraction of sp³-hybridized carbons (Fsp3) is 0.531. The molecule has 14 nitrogen and oxygen atoms in total. The lowest BCUT2D eigenvalue weighted by molar-refractivity contribution is -0.255. The molecule has 0 aromatic heterocycles. The van der Waals surface area contributed by atoms with Gasteiger partial charge in [-0.1, -0.05) is 12.1 Å². The number of hydrogen-bond acceptors (Lipinski definition) is 14. The van der Waals surface area contributed by atoms with E-state index in [9.17, 15) is 45.5 Å². The monoisotopic (exact) mass is 637 g/mol. The highest BCUT2D eigenvalue weighted by atomic mass is 16.7. The number of nitrogens with one attached hydrogen (secondary N) is 1. The smallest absolute Gasteiger partial charge is 0.194 e. The lowest BCUT2D eigenvalue weighted by Gasteiger charge is -2.48. The first-order chi connectivity index (χ1) is 21.9. The minimum atomic E-state index is -2.25. The number of fused-ring (bicyclic) bond motifs is 2. The van der Waals surface area contributed by atoms with Crippen LogP contribution in [-0.4, -0.2) is 124 Å². The summed E-state index contributed by atoms with van der Waals surface area (Å²) in [7, 11) is 1.35. The van der Waals surface area contributed by atoms with Crippen LogP contribution in [0.1, 0.15) is 46.9 Å². The van der Waals surface area contributed by atoms with Crippen molar-refractivity contribution < 1.29 is 53.8 Å². The first-order valence-corrected chi connectivity index (χ1v) is 15.1. The molecule has 3 aliphatic carbocycles. The van der Waals surface area contributed by atoms with Crippen LogP contribution in [-0.2, 0) is 19.0 Å². The van der Waals surface area contributed by atoms with Crippen molar-refractivity contribution in [1.82, 2.24) is 4.90 Å². The van der Waals surface area contributed by atoms with Crippen molar-refractivity contribution in [2.24, 2.45) is 5.92 Å². The van der Waals surface area contributed by atoms with E-state index in [0.717, 1.165) is 0 Å². The van der Waals surface area contributed by atoms with Crippen molar-refractivity contribution in [1.29, 1.82) is 10.7 Å². The molecule has 0 saturated carbocycles. The Labute approximate surface area is 263 Å². The summed E-state index contributed by atoms with van der Waals surface area (Å²) in [4.78, 5) is 42.3. The molecule has 0 bridgehead atoms. The second-order valence-electron chi connectivity index (χ2n) is 12.2. The van der Waals surface area contributed by atoms with Crippen molar-refractivity contribution in [3.05, 3.63) is 51.8 Å². The highest BCUT2D eigenvalue weighted by Gasteiger charge is 2.55. The maximum atomic E-state index is 13.9. The third-order valence-corrected chi connectivity index (χ3v) is 9.69. The van der Waals surface area contributed by atoms with E-state index in [-0.39, 0.29) is 52.3 Å². The van der Waals surface area contributed by atoms with E-state index in [2.05, 4.69) is 6.07 Å². The first-order valence-electron chi connectivity index (χ1n) is 15.1. The number of carbonyl (C=O) groups is 3. The third-order valence-electron chi connectivity index (χ3n) is 9.69. The van der Waals surface area contributed by atoms with Crippen molar-refractivity contribution in [3.8, 4) is 11.8 Å². The molecule has 46 heavy (non-hydrogen) atoms. The van der Waals surface area contributed by atoms with Crippen LogP contribution in [0.15, 0.2) is 40.7 Å². The summed E-state index contributed by atoms with van der Waals surface area (Å²) < 4.78 is 23.1. The Hall–Kier alpha value is -3.81. The molecule has 14 heteroatoms. The minimum absolute atomic E-state index is 0.0151. The van der Waals surface area contributed by atoms with E-state index in [4.69, 9.17) is 18.9 Å². The Bertz CT molecular complexity index is 1610. The second kappa shape index (κ2) is 12.1. The molecule has 1 aromatic rings. The summed E-state index contributed by atoms with van der Waals surface area (Å²) in [5.74, 6) is -4.32. The lowest BCUT2D eigenvalue weighted by atomic mass is 9.64. The second-order valence-corrected chi connectivity index (χ2v) is 12.2. The van der Waals surface area contributed by atoms with Gasteiger partial charge in [-0.25, -0.2) is 0 Å². The van der Waals surface area contributed by atoms with Gasteiger partial charge in [0.2, 0.25) is 0 Å². The number of methoxy groups -OCH3 is 1. The number of rotatable bonds is 6. The van der Waals surface area contributed by atoms with Gasteiger partial charge >= 0.3 is 0 Å². The number of hydrogen-bond donors (Lipinski definition) is 5. The zero-order valence-corrected chi connectivity index (χ0v) is 25.3. The number of allylic oxidation sites excluding steroid dienone is 2. The Morgan fingerprint density at radius 2 is 2.04 bits per heavy atom. The van der Waals surface area contributed by atoms with Crippen LogP contribution in [0, 0.1) is 22.7 Å². The number of Topliss-reactive ketones (excluding diaryl/α,β-unsaturated/α-hetero) is 3. The van der Waals surface area contributed by atoms with E-state index in [1.165, 1.54) is 25.3 Å². The fourth-order valence-electron chi connectivity index (χ4n) is 7.37. The van der Waals surface area contributed by atoms with Crippen molar-refractivity contribution in [3.63, 3.8) is 0 Å². The zero-order chi connectivity index (χ0) is 33.1. The maximum absolute atomic E-state index is 13.9. The van der Waals surface area contributed by atoms with E-state index in [1.54, 1.807) is 6.92 Å². The van der Waals surface area contributed by atoms with E-state index in [0.29, 0.717) is 13.2 Å². The van der Waals surface area contributed by atoms with Crippen molar-refractivity contribution in [2.75, 3.05) is 33.5 Å². The van der Waals surface area contributed by atoms with Crippen molar-refractivity contribution in [2.45, 2.75) is 68.5 Å². The molecule has 0 spiro atoms. The topological polar surface area (TPSA) is 220 Å². The molecule has 2 heterocycles. The summed E-state index contributed by atoms with van der Waals surface area (Å²) >= 11 is 0. The summed E-state index contributed by atoms with van der Waals surface area (Å²) in [5, 5.41) is 62.7. The molecule has 3 unspecified atom stereocenters. The van der Waals surface area contributed by atoms with Gasteiger partial charge < -0.3 is 44.8 Å². The molecule has 244 valence electrons. The van der Waals surface area contributed by atoms with Gasteiger partial charge in [-0.2, -0.15) is 5.26 Å². The Morgan fingerprint density at radius 1 is 1.28 bits per heavy atom. The molecule has 5 aliphatic rings. The number of benzene rings is 1. The number of aliphatic hydroxyl groups is 4. The van der Waals surface area contributed by atoms with E-state index < -0.39 is 90.8 Å². The number of ketones is 3. The SMILES string of the molecule is COc1cccc2c1C(=O)C1C(=N)C3=C(C[C@@](O)(C(=O)CO)CC3O[C@H]3C[C@H](N4CCOCC4C#N)[C@H](O)[C@H](C)O3)C(O)=C1C2=O. The predicted octanol–water partition coefficient (Wildman–Crippen LogP) is 0.393. The summed E-state index contributed by atoms with van der Waals surface area (Å²) in [5.41, 5.74) is -3.10. The average Bonchev–Trinajstić information content (AvgIpc) is 3.05. The molecular formula is C32H35N3O11. The normalized spacial score (nSPS) is 34.9. The van der Waals surface area contributed by atoms with Crippen molar-refractivity contribution >= 4 is 23.1 Å². The van der Waals surface area contributed by atoms with Crippen LogP contribution in [0.4, 0.5) is 0 Å². The molecule has 2 aliphatic heterocycles. The highest BCUT2D eigenvalue weighted by molar-refractivity contribution is 6.34. The quantitative estimate of drug-likeness (QED) is 0.285. The van der Waals surface area contributed by atoms with Gasteiger partial charge in [-0.15, -0.1) is 0 Å². The van der Waals surface area contributed by atoms with Crippen LogP contribution >= 0.6 is 0 Å². The van der Waals surface area contributed by atoms with Crippen LogP contribution in [0.25, 0.3) is 0 Å². The standard InChI is InChI=1S/C32H35N3O11/c1-14-28(38)18(35-6-7-44-13-15(35)11-33)8-22(45-14)46-20-10-32(42,21(37)12-36)9-17-23(20)27(34)25-26(30(17)40)29(39)16-4-3-5-19(43-2)24(16)31(25)41/h3-5,14-15,18,20,22,25,28,34,36,38,40,42H,6-10,12-13H2,1-2H3/t14-,15?,18-,20?,22-,25?,28+,32-/m0/s1. The van der Waals surface area contributed by atoms with Crippen LogP contribution < -0.4 is 4.74 Å². The fourth-order valence-corrected chi connectivity index (χ4v) is 7.37. The molecule has 2 saturated heterocycles. The molecule has 0 amide bonds. The Balaban J connectivity index is 1.41. The van der Waals surface area contributed by atoms with Gasteiger partial charge in [0, 0.05) is 48.6 Å². The molecule has 6 rings (SSSR count). The molecule has 0 radical (unpaired) electrons. The van der Waals surface area contributed by atoms with Gasteiger partial charge in [0.05, 0.1) is 67.5 Å². The van der Waals surface area contributed by atoms with Crippen LogP contribution in [0.2, 0.25) is 0 Å².